The molecule has 0 aliphatic rings. The third-order valence-electron chi connectivity index (χ3n) is 0.429. The summed E-state index contributed by atoms with van der Waals surface area (Å²) in [4.78, 5) is 5.64. The highest BCUT2D eigenvalue weighted by Crippen LogP contribution is 1.65. The van der Waals surface area contributed by atoms with E-state index in [4.69, 9.17) is 0 Å². The van der Waals surface area contributed by atoms with Gasteiger partial charge in [-0.25, -0.2) is 0 Å². The van der Waals surface area contributed by atoms with Gasteiger partial charge in [0.05, 0.1) is 0 Å². The maximum atomic E-state index is 3.85. The van der Waals surface area contributed by atoms with E-state index in [1.165, 1.54) is 0 Å². The Balaban J connectivity index is 3.08. The van der Waals surface area contributed by atoms with Crippen LogP contribution in [0.3, 0.4) is 0 Å². The molecule has 41 valence electrons. The zero-order valence-corrected chi connectivity index (χ0v) is 5.10. The molecule has 0 heterocycles. The number of hydrogen-bond acceptors (Lipinski definition) is 1. The van der Waals surface area contributed by atoms with Crippen molar-refractivity contribution in [1.29, 1.82) is 0 Å². The van der Waals surface area contributed by atoms with Crippen molar-refractivity contribution < 1.29 is 0 Å². The van der Waals surface area contributed by atoms with Crippen molar-refractivity contribution in [2.24, 2.45) is 4.99 Å². The standard InChI is InChI=1S/C5H11N2/c1-4-6-5-7(2)3/h4H2,1-3H3. The Labute approximate surface area is 44.9 Å². The van der Waals surface area contributed by atoms with Gasteiger partial charge in [-0.05, 0) is 6.92 Å². The van der Waals surface area contributed by atoms with Crippen LogP contribution < -0.4 is 0 Å². The summed E-state index contributed by atoms with van der Waals surface area (Å²) in [5.74, 6) is 0. The molecule has 0 aliphatic carbocycles. The summed E-state index contributed by atoms with van der Waals surface area (Å²) in [6.45, 7) is 2.80. The highest BCUT2D eigenvalue weighted by atomic mass is 15.1. The summed E-state index contributed by atoms with van der Waals surface area (Å²) in [5, 5.41) is 0. The van der Waals surface area contributed by atoms with Crippen LogP contribution in [0.1, 0.15) is 6.92 Å². The Morgan fingerprint density at radius 3 is 2.29 bits per heavy atom. The Morgan fingerprint density at radius 2 is 2.14 bits per heavy atom. The van der Waals surface area contributed by atoms with E-state index >= 15 is 0 Å². The molecule has 0 aromatic heterocycles. The van der Waals surface area contributed by atoms with E-state index in [2.05, 4.69) is 11.3 Å². The summed E-state index contributed by atoms with van der Waals surface area (Å²) < 4.78 is 0. The van der Waals surface area contributed by atoms with Gasteiger partial charge in [0.25, 0.3) is 0 Å². The molecule has 7 heavy (non-hydrogen) atoms. The normalized spacial score (nSPS) is 10.1. The lowest BCUT2D eigenvalue weighted by atomic mass is 10.8. The average molecular weight is 99.2 g/mol. The molecular formula is C5H11N2. The average Bonchev–Trinajstić information content (AvgIpc) is 1.61. The molecule has 0 spiro atoms. The predicted octanol–water partition coefficient (Wildman–Crippen LogP) is 0.473. The van der Waals surface area contributed by atoms with Crippen LogP contribution in [0.4, 0.5) is 0 Å². The van der Waals surface area contributed by atoms with Gasteiger partial charge in [-0.3, -0.25) is 4.99 Å². The van der Waals surface area contributed by atoms with Crippen molar-refractivity contribution in [2.45, 2.75) is 6.92 Å². The van der Waals surface area contributed by atoms with E-state index in [0.717, 1.165) is 6.54 Å². The molecule has 0 rings (SSSR count). The van der Waals surface area contributed by atoms with Crippen LogP contribution >= 0.6 is 0 Å². The maximum Gasteiger partial charge on any atom is 0.166 e. The SMILES string of the molecule is CC/N=[C]/N(C)C. The van der Waals surface area contributed by atoms with Crippen molar-refractivity contribution in [2.75, 3.05) is 20.6 Å². The molecule has 0 unspecified atom stereocenters. The highest BCUT2D eigenvalue weighted by Gasteiger charge is 1.72. The fourth-order valence-electron chi connectivity index (χ4n) is 0.212. The number of aliphatic imine (C=N–C) groups is 1. The largest absolute Gasteiger partial charge is 0.360 e. The van der Waals surface area contributed by atoms with Gasteiger partial charge in [-0.2, -0.15) is 0 Å². The van der Waals surface area contributed by atoms with Gasteiger partial charge in [-0.15, -0.1) is 0 Å². The highest BCUT2D eigenvalue weighted by molar-refractivity contribution is 5.53. The van der Waals surface area contributed by atoms with Crippen molar-refractivity contribution >= 4 is 6.34 Å². The first kappa shape index (κ1) is 6.47. The van der Waals surface area contributed by atoms with Gasteiger partial charge in [0.2, 0.25) is 0 Å². The van der Waals surface area contributed by atoms with Crippen LogP contribution in [-0.2, 0) is 0 Å². The Kier molecular flexibility index (Phi) is 3.38. The molecule has 0 aliphatic heterocycles. The third-order valence-corrected chi connectivity index (χ3v) is 0.429. The number of rotatable bonds is 2. The minimum atomic E-state index is 0.818. The Morgan fingerprint density at radius 1 is 1.57 bits per heavy atom. The third kappa shape index (κ3) is 5.47. The minimum Gasteiger partial charge on any atom is -0.360 e. The summed E-state index contributed by atoms with van der Waals surface area (Å²) in [6.07, 6.45) is 2.75. The van der Waals surface area contributed by atoms with E-state index in [-0.39, 0.29) is 0 Å². The first-order chi connectivity index (χ1) is 3.27. The molecule has 0 bridgehead atoms. The number of hydrogen-bond donors (Lipinski definition) is 0. The molecule has 0 aromatic rings. The summed E-state index contributed by atoms with van der Waals surface area (Å²) >= 11 is 0. The van der Waals surface area contributed by atoms with Crippen molar-refractivity contribution in [1.82, 2.24) is 4.90 Å². The van der Waals surface area contributed by atoms with E-state index in [9.17, 15) is 0 Å². The molecule has 0 N–H and O–H groups in total. The van der Waals surface area contributed by atoms with Crippen LogP contribution in [0, 0.1) is 0 Å². The topological polar surface area (TPSA) is 15.6 Å². The van der Waals surface area contributed by atoms with Gasteiger partial charge in [0.1, 0.15) is 0 Å². The second-order valence-corrected chi connectivity index (χ2v) is 1.47. The summed E-state index contributed by atoms with van der Waals surface area (Å²) in [6, 6.07) is 0. The lowest BCUT2D eigenvalue weighted by Crippen LogP contribution is -2.07. The molecule has 0 fully saturated rings. The first-order valence-electron chi connectivity index (χ1n) is 2.36. The zero-order valence-electron chi connectivity index (χ0n) is 5.10. The van der Waals surface area contributed by atoms with Crippen molar-refractivity contribution in [3.05, 3.63) is 0 Å². The van der Waals surface area contributed by atoms with Crippen molar-refractivity contribution in [3.63, 3.8) is 0 Å². The maximum absolute atomic E-state index is 3.85. The van der Waals surface area contributed by atoms with Crippen LogP contribution in [0.25, 0.3) is 0 Å². The minimum absolute atomic E-state index is 0.818. The molecule has 0 saturated carbocycles. The van der Waals surface area contributed by atoms with E-state index < -0.39 is 0 Å². The molecule has 2 nitrogen and oxygen atoms in total. The van der Waals surface area contributed by atoms with E-state index in [1.807, 2.05) is 21.0 Å². The van der Waals surface area contributed by atoms with Gasteiger partial charge in [0.15, 0.2) is 6.34 Å². The smallest absolute Gasteiger partial charge is 0.166 e. The molecule has 0 aromatic carbocycles. The van der Waals surface area contributed by atoms with Gasteiger partial charge in [0, 0.05) is 20.6 Å². The fraction of sp³-hybridized carbons (Fsp3) is 0.800. The van der Waals surface area contributed by atoms with Gasteiger partial charge in [-0.1, -0.05) is 0 Å². The number of nitrogens with zero attached hydrogens (tertiary/aromatic N) is 2. The lowest BCUT2D eigenvalue weighted by molar-refractivity contribution is 0.640. The zero-order chi connectivity index (χ0) is 5.70. The fourth-order valence-corrected chi connectivity index (χ4v) is 0.212. The molecule has 1 radical (unpaired) electrons. The Hall–Kier alpha value is -0.530. The molecule has 0 amide bonds. The molecule has 2 heteroatoms. The molecule has 0 saturated heterocycles. The quantitative estimate of drug-likeness (QED) is 0.279. The lowest BCUT2D eigenvalue weighted by Gasteiger charge is -1.97. The summed E-state index contributed by atoms with van der Waals surface area (Å²) in [5.41, 5.74) is 0. The molecule has 0 atom stereocenters. The summed E-state index contributed by atoms with van der Waals surface area (Å²) in [7, 11) is 3.80. The predicted molar refractivity (Wildman–Crippen MR) is 31.7 cm³/mol. The van der Waals surface area contributed by atoms with Crippen molar-refractivity contribution in [3.8, 4) is 0 Å². The second kappa shape index (κ2) is 3.65. The monoisotopic (exact) mass is 99.1 g/mol. The van der Waals surface area contributed by atoms with Gasteiger partial charge < -0.3 is 4.90 Å². The van der Waals surface area contributed by atoms with Crippen LogP contribution in [-0.4, -0.2) is 31.9 Å². The van der Waals surface area contributed by atoms with Crippen LogP contribution in [0.2, 0.25) is 0 Å². The first-order valence-corrected chi connectivity index (χ1v) is 2.36. The van der Waals surface area contributed by atoms with Gasteiger partial charge >= 0.3 is 0 Å². The molecular weight excluding hydrogens is 88.1 g/mol. The van der Waals surface area contributed by atoms with E-state index in [0.29, 0.717) is 0 Å². The van der Waals surface area contributed by atoms with Crippen LogP contribution in [0.5, 0.6) is 0 Å². The van der Waals surface area contributed by atoms with Crippen LogP contribution in [0.15, 0.2) is 4.99 Å². The van der Waals surface area contributed by atoms with E-state index in [1.54, 1.807) is 4.90 Å². The second-order valence-electron chi connectivity index (χ2n) is 1.47. The Bertz CT molecular complexity index is 57.1.